The molecule has 0 aromatic rings. The van der Waals surface area contributed by atoms with E-state index in [-0.39, 0.29) is 18.5 Å². The first-order valence-electron chi connectivity index (χ1n) is 7.12. The first kappa shape index (κ1) is 14.6. The van der Waals surface area contributed by atoms with E-state index >= 15 is 0 Å². The Labute approximate surface area is 118 Å². The second kappa shape index (κ2) is 7.10. The van der Waals surface area contributed by atoms with Crippen LogP contribution < -0.4 is 10.6 Å². The number of urea groups is 1. The topological polar surface area (TPSA) is 88.5 Å². The minimum Gasteiger partial charge on any atom is -0.354 e. The third-order valence-electron chi connectivity index (χ3n) is 3.77. The van der Waals surface area contributed by atoms with Crippen LogP contribution in [0.3, 0.4) is 0 Å². The van der Waals surface area contributed by atoms with E-state index in [1.807, 2.05) is 11.0 Å². The van der Waals surface area contributed by atoms with Crippen LogP contribution in [0, 0.1) is 11.3 Å². The van der Waals surface area contributed by atoms with E-state index in [0.29, 0.717) is 32.1 Å². The van der Waals surface area contributed by atoms with E-state index in [4.69, 9.17) is 5.26 Å². The van der Waals surface area contributed by atoms with Gasteiger partial charge in [-0.15, -0.1) is 0 Å². The lowest BCUT2D eigenvalue weighted by Gasteiger charge is -2.31. The normalized spacial score (nSPS) is 20.1. The SMILES string of the molecule is N#CCCNC(=O)CN1CCN(C2CCNCC2)C1=O. The highest BCUT2D eigenvalue weighted by Crippen LogP contribution is 2.18. The first-order valence-corrected chi connectivity index (χ1v) is 7.12. The number of carbonyl (C=O) groups is 2. The van der Waals surface area contributed by atoms with Crippen molar-refractivity contribution in [2.45, 2.75) is 25.3 Å². The quantitative estimate of drug-likeness (QED) is 0.664. The Morgan fingerprint density at radius 1 is 1.40 bits per heavy atom. The molecule has 2 saturated heterocycles. The van der Waals surface area contributed by atoms with E-state index in [1.165, 1.54) is 0 Å². The summed E-state index contributed by atoms with van der Waals surface area (Å²) in [7, 11) is 0. The molecule has 2 N–H and O–H groups in total. The fraction of sp³-hybridized carbons (Fsp3) is 0.769. The van der Waals surface area contributed by atoms with Gasteiger partial charge >= 0.3 is 6.03 Å². The largest absolute Gasteiger partial charge is 0.354 e. The van der Waals surface area contributed by atoms with E-state index < -0.39 is 0 Å². The lowest BCUT2D eigenvalue weighted by Crippen LogP contribution is -2.46. The van der Waals surface area contributed by atoms with Gasteiger partial charge in [0.25, 0.3) is 0 Å². The Kier molecular flexibility index (Phi) is 5.18. The highest BCUT2D eigenvalue weighted by atomic mass is 16.2. The molecule has 0 aromatic heterocycles. The molecular formula is C13H21N5O2. The zero-order chi connectivity index (χ0) is 14.4. The Morgan fingerprint density at radius 2 is 2.15 bits per heavy atom. The van der Waals surface area contributed by atoms with Crippen molar-refractivity contribution in [1.82, 2.24) is 20.4 Å². The standard InChI is InChI=1S/C13H21N5O2/c14-4-1-5-16-12(19)10-17-8-9-18(13(17)20)11-2-6-15-7-3-11/h11,15H,1-3,5-10H2,(H,16,19). The van der Waals surface area contributed by atoms with Gasteiger partial charge in [-0.25, -0.2) is 4.79 Å². The van der Waals surface area contributed by atoms with Crippen molar-refractivity contribution in [3.05, 3.63) is 0 Å². The Bertz CT molecular complexity index is 400. The summed E-state index contributed by atoms with van der Waals surface area (Å²) >= 11 is 0. The van der Waals surface area contributed by atoms with Crippen molar-refractivity contribution < 1.29 is 9.59 Å². The molecule has 7 heteroatoms. The van der Waals surface area contributed by atoms with Crippen molar-refractivity contribution in [2.24, 2.45) is 0 Å². The van der Waals surface area contributed by atoms with Crippen molar-refractivity contribution >= 4 is 11.9 Å². The third kappa shape index (κ3) is 3.61. The molecule has 2 fully saturated rings. The molecule has 0 bridgehead atoms. The van der Waals surface area contributed by atoms with Gasteiger partial charge in [-0.2, -0.15) is 5.26 Å². The van der Waals surface area contributed by atoms with Crippen LogP contribution in [0.15, 0.2) is 0 Å². The summed E-state index contributed by atoms with van der Waals surface area (Å²) in [5, 5.41) is 14.3. The van der Waals surface area contributed by atoms with Gasteiger partial charge in [0, 0.05) is 25.7 Å². The number of carbonyl (C=O) groups excluding carboxylic acids is 2. The highest BCUT2D eigenvalue weighted by Gasteiger charge is 2.34. The van der Waals surface area contributed by atoms with E-state index in [1.54, 1.807) is 4.90 Å². The molecule has 2 aliphatic rings. The molecule has 0 saturated carbocycles. The van der Waals surface area contributed by atoms with E-state index in [9.17, 15) is 9.59 Å². The van der Waals surface area contributed by atoms with Crippen molar-refractivity contribution in [1.29, 1.82) is 5.26 Å². The Morgan fingerprint density at radius 3 is 2.85 bits per heavy atom. The van der Waals surface area contributed by atoms with Crippen LogP contribution in [0.4, 0.5) is 4.79 Å². The monoisotopic (exact) mass is 279 g/mol. The Hall–Kier alpha value is -1.81. The molecule has 0 spiro atoms. The summed E-state index contributed by atoms with van der Waals surface area (Å²) < 4.78 is 0. The summed E-state index contributed by atoms with van der Waals surface area (Å²) in [5.41, 5.74) is 0. The average molecular weight is 279 g/mol. The summed E-state index contributed by atoms with van der Waals surface area (Å²) in [6.07, 6.45) is 2.25. The van der Waals surface area contributed by atoms with Crippen LogP contribution in [0.1, 0.15) is 19.3 Å². The van der Waals surface area contributed by atoms with Gasteiger partial charge in [0.1, 0.15) is 6.54 Å². The number of rotatable bonds is 5. The number of amides is 3. The molecule has 0 unspecified atom stereocenters. The maximum absolute atomic E-state index is 12.3. The van der Waals surface area contributed by atoms with E-state index in [2.05, 4.69) is 10.6 Å². The summed E-state index contributed by atoms with van der Waals surface area (Å²) in [4.78, 5) is 27.4. The van der Waals surface area contributed by atoms with Gasteiger partial charge < -0.3 is 20.4 Å². The fourth-order valence-corrected chi connectivity index (χ4v) is 2.69. The van der Waals surface area contributed by atoms with Gasteiger partial charge in [-0.3, -0.25) is 4.79 Å². The van der Waals surface area contributed by atoms with Crippen LogP contribution in [0.5, 0.6) is 0 Å². The zero-order valence-electron chi connectivity index (χ0n) is 11.6. The lowest BCUT2D eigenvalue weighted by atomic mass is 10.1. The smallest absolute Gasteiger partial charge is 0.320 e. The number of hydrogen-bond donors (Lipinski definition) is 2. The summed E-state index contributed by atoms with van der Waals surface area (Å²) in [6, 6.07) is 2.23. The lowest BCUT2D eigenvalue weighted by molar-refractivity contribution is -0.121. The molecule has 0 aliphatic carbocycles. The molecule has 0 aromatic carbocycles. The summed E-state index contributed by atoms with van der Waals surface area (Å²) in [5.74, 6) is -0.194. The molecule has 0 atom stereocenters. The number of nitrogens with one attached hydrogen (secondary N) is 2. The van der Waals surface area contributed by atoms with Crippen LogP contribution in [0.2, 0.25) is 0 Å². The van der Waals surface area contributed by atoms with Crippen molar-refractivity contribution in [3.63, 3.8) is 0 Å². The van der Waals surface area contributed by atoms with E-state index in [0.717, 1.165) is 25.9 Å². The van der Waals surface area contributed by atoms with Crippen molar-refractivity contribution in [2.75, 3.05) is 39.3 Å². The third-order valence-corrected chi connectivity index (χ3v) is 3.77. The highest BCUT2D eigenvalue weighted by molar-refractivity contribution is 5.85. The van der Waals surface area contributed by atoms with Crippen LogP contribution >= 0.6 is 0 Å². The predicted octanol–water partition coefficient (Wildman–Crippen LogP) is -0.494. The van der Waals surface area contributed by atoms with Gasteiger partial charge in [0.2, 0.25) is 5.91 Å². The fourth-order valence-electron chi connectivity index (χ4n) is 2.69. The van der Waals surface area contributed by atoms with Gasteiger partial charge in [-0.1, -0.05) is 0 Å². The molecule has 2 rings (SSSR count). The molecule has 20 heavy (non-hydrogen) atoms. The van der Waals surface area contributed by atoms with Crippen LogP contribution in [-0.4, -0.2) is 67.0 Å². The van der Waals surface area contributed by atoms with Crippen molar-refractivity contribution in [3.8, 4) is 6.07 Å². The minimum atomic E-state index is -0.194. The molecule has 110 valence electrons. The predicted molar refractivity (Wildman–Crippen MR) is 72.8 cm³/mol. The van der Waals surface area contributed by atoms with Gasteiger partial charge in [0.05, 0.1) is 12.5 Å². The maximum Gasteiger partial charge on any atom is 0.320 e. The first-order chi connectivity index (χ1) is 9.72. The van der Waals surface area contributed by atoms with Gasteiger partial charge in [0.15, 0.2) is 0 Å². The molecule has 2 aliphatic heterocycles. The second-order valence-corrected chi connectivity index (χ2v) is 5.14. The molecule has 2 heterocycles. The summed E-state index contributed by atoms with van der Waals surface area (Å²) in [6.45, 7) is 3.64. The number of nitriles is 1. The molecular weight excluding hydrogens is 258 g/mol. The van der Waals surface area contributed by atoms with Crippen LogP contribution in [0.25, 0.3) is 0 Å². The maximum atomic E-state index is 12.3. The molecule has 0 radical (unpaired) electrons. The zero-order valence-corrected chi connectivity index (χ0v) is 11.6. The number of hydrogen-bond acceptors (Lipinski definition) is 4. The molecule has 7 nitrogen and oxygen atoms in total. The number of nitrogens with zero attached hydrogens (tertiary/aromatic N) is 3. The Balaban J connectivity index is 1.78. The van der Waals surface area contributed by atoms with Crippen LogP contribution in [-0.2, 0) is 4.79 Å². The second-order valence-electron chi connectivity index (χ2n) is 5.14. The van der Waals surface area contributed by atoms with Gasteiger partial charge in [-0.05, 0) is 25.9 Å². The molecule has 3 amide bonds. The minimum absolute atomic E-state index is 0.0349. The average Bonchev–Trinajstić information content (AvgIpc) is 2.81. The number of piperidine rings is 1.